The van der Waals surface area contributed by atoms with Crippen molar-refractivity contribution in [3.63, 3.8) is 0 Å². The molecule has 0 saturated heterocycles. The molecule has 0 amide bonds. The Morgan fingerprint density at radius 1 is 1.04 bits per heavy atom. The minimum absolute atomic E-state index is 0.119. The van der Waals surface area contributed by atoms with E-state index >= 15 is 0 Å². The maximum absolute atomic E-state index is 12.4. The third kappa shape index (κ3) is 3.38. The highest BCUT2D eigenvalue weighted by atomic mass is 16.1. The van der Waals surface area contributed by atoms with Gasteiger partial charge in [0.25, 0.3) is 0 Å². The van der Waals surface area contributed by atoms with Gasteiger partial charge in [-0.15, -0.1) is 0 Å². The number of aromatic nitrogens is 2. The molecule has 2 aliphatic rings. The number of hydrogen-bond donors (Lipinski definition) is 0. The first-order valence-corrected chi connectivity index (χ1v) is 9.81. The molecule has 4 heterocycles. The summed E-state index contributed by atoms with van der Waals surface area (Å²) in [7, 11) is 2.00. The maximum Gasteiger partial charge on any atom is 0.151 e. The molecule has 0 saturated carbocycles. The fourth-order valence-electron chi connectivity index (χ4n) is 4.64. The third-order valence-electron chi connectivity index (χ3n) is 5.96. The second kappa shape index (κ2) is 7.53. The van der Waals surface area contributed by atoms with Crippen molar-refractivity contribution in [2.75, 3.05) is 20.1 Å². The average molecular weight is 378 g/mol. The summed E-state index contributed by atoms with van der Waals surface area (Å²) in [5.74, 6) is 0.272. The number of carbonyl (C=O) groups is 2. The fraction of sp³-hybridized carbons (Fsp3) is 0.455. The summed E-state index contributed by atoms with van der Waals surface area (Å²) in [6.45, 7) is 5.54. The molecule has 2 unspecified atom stereocenters. The number of likely N-dealkylation sites (N-methyl/N-ethyl adjacent to an activating group) is 1. The molecule has 6 nitrogen and oxygen atoms in total. The molecule has 0 radical (unpaired) electrons. The molecule has 6 heteroatoms. The van der Waals surface area contributed by atoms with E-state index in [9.17, 15) is 9.59 Å². The average Bonchev–Trinajstić information content (AvgIpc) is 2.67. The van der Waals surface area contributed by atoms with E-state index in [0.717, 1.165) is 48.3 Å². The summed E-state index contributed by atoms with van der Waals surface area (Å²) in [6, 6.07) is 3.57. The number of hydrogen-bond acceptors (Lipinski definition) is 6. The van der Waals surface area contributed by atoms with Crippen LogP contribution in [0.1, 0.15) is 53.9 Å². The lowest BCUT2D eigenvalue weighted by molar-refractivity contribution is -0.123. The monoisotopic (exact) mass is 378 g/mol. The lowest BCUT2D eigenvalue weighted by Crippen LogP contribution is -2.39. The van der Waals surface area contributed by atoms with Gasteiger partial charge in [-0.05, 0) is 68.1 Å². The van der Waals surface area contributed by atoms with Gasteiger partial charge in [-0.2, -0.15) is 0 Å². The second-order valence-corrected chi connectivity index (χ2v) is 7.93. The molecular formula is C22H26N4O2. The summed E-state index contributed by atoms with van der Waals surface area (Å²) < 4.78 is 0. The highest BCUT2D eigenvalue weighted by Crippen LogP contribution is 2.33. The normalized spacial score (nSPS) is 22.4. The first-order valence-electron chi connectivity index (χ1n) is 9.81. The van der Waals surface area contributed by atoms with Crippen molar-refractivity contribution in [2.45, 2.75) is 45.3 Å². The van der Waals surface area contributed by atoms with E-state index in [1.165, 1.54) is 5.56 Å². The molecule has 0 N–H and O–H groups in total. The lowest BCUT2D eigenvalue weighted by atomic mass is 9.90. The predicted molar refractivity (Wildman–Crippen MR) is 106 cm³/mol. The summed E-state index contributed by atoms with van der Waals surface area (Å²) in [6.07, 6.45) is 7.31. The Kier molecular flexibility index (Phi) is 5.08. The molecule has 0 spiro atoms. The Morgan fingerprint density at radius 2 is 1.79 bits per heavy atom. The fourth-order valence-corrected chi connectivity index (χ4v) is 4.64. The van der Waals surface area contributed by atoms with Gasteiger partial charge in [0.2, 0.25) is 0 Å². The predicted octanol–water partition coefficient (Wildman–Crippen LogP) is 2.28. The van der Waals surface area contributed by atoms with Crippen molar-refractivity contribution < 1.29 is 9.59 Å². The molecule has 2 aliphatic heterocycles. The van der Waals surface area contributed by atoms with Gasteiger partial charge in [0.15, 0.2) is 11.6 Å². The van der Waals surface area contributed by atoms with Crippen molar-refractivity contribution in [3.05, 3.63) is 58.7 Å². The molecule has 4 rings (SSSR count). The van der Waals surface area contributed by atoms with E-state index in [1.54, 1.807) is 20.0 Å². The lowest BCUT2D eigenvalue weighted by Gasteiger charge is -2.36. The van der Waals surface area contributed by atoms with Crippen LogP contribution in [0.2, 0.25) is 0 Å². The maximum atomic E-state index is 12.4. The van der Waals surface area contributed by atoms with E-state index < -0.39 is 0 Å². The first kappa shape index (κ1) is 18.9. The molecule has 0 bridgehead atoms. The van der Waals surface area contributed by atoms with E-state index in [0.29, 0.717) is 6.54 Å². The van der Waals surface area contributed by atoms with Gasteiger partial charge in [-0.1, -0.05) is 0 Å². The van der Waals surface area contributed by atoms with Crippen LogP contribution in [0.4, 0.5) is 0 Å². The SMILES string of the molecule is CC(=O)C1c2cc(CN3CCc4ccncc4C3C(C)=O)ncc2CCN1C. The largest absolute Gasteiger partial charge is 0.298 e. The van der Waals surface area contributed by atoms with E-state index in [4.69, 9.17) is 0 Å². The van der Waals surface area contributed by atoms with Crippen LogP contribution in [-0.2, 0) is 29.0 Å². The smallest absolute Gasteiger partial charge is 0.151 e. The van der Waals surface area contributed by atoms with Crippen LogP contribution in [0.15, 0.2) is 30.7 Å². The van der Waals surface area contributed by atoms with Gasteiger partial charge >= 0.3 is 0 Å². The van der Waals surface area contributed by atoms with Crippen molar-refractivity contribution in [1.29, 1.82) is 0 Å². The summed E-state index contributed by atoms with van der Waals surface area (Å²) >= 11 is 0. The Hall–Kier alpha value is -2.44. The molecule has 28 heavy (non-hydrogen) atoms. The van der Waals surface area contributed by atoms with Gasteiger partial charge in [0.05, 0.1) is 17.8 Å². The van der Waals surface area contributed by atoms with E-state index in [2.05, 4.69) is 25.8 Å². The quantitative estimate of drug-likeness (QED) is 0.813. The molecular weight excluding hydrogens is 352 g/mol. The van der Waals surface area contributed by atoms with Crippen LogP contribution in [0.3, 0.4) is 0 Å². The highest BCUT2D eigenvalue weighted by molar-refractivity contribution is 5.84. The number of ketones is 2. The van der Waals surface area contributed by atoms with Crippen LogP contribution < -0.4 is 0 Å². The number of fused-ring (bicyclic) bond motifs is 2. The summed E-state index contributed by atoms with van der Waals surface area (Å²) in [4.78, 5) is 37.8. The van der Waals surface area contributed by atoms with E-state index in [-0.39, 0.29) is 23.7 Å². The summed E-state index contributed by atoms with van der Waals surface area (Å²) in [5, 5.41) is 0. The van der Waals surface area contributed by atoms with Crippen LogP contribution in [0.5, 0.6) is 0 Å². The Bertz CT molecular complexity index is 927. The zero-order valence-electron chi connectivity index (χ0n) is 16.7. The van der Waals surface area contributed by atoms with Gasteiger partial charge in [0, 0.05) is 38.2 Å². The zero-order chi connectivity index (χ0) is 19.8. The van der Waals surface area contributed by atoms with E-state index in [1.807, 2.05) is 25.5 Å². The molecule has 2 aromatic rings. The number of nitrogens with zero attached hydrogens (tertiary/aromatic N) is 4. The molecule has 0 fully saturated rings. The van der Waals surface area contributed by atoms with Crippen LogP contribution >= 0.6 is 0 Å². The Balaban J connectivity index is 1.65. The van der Waals surface area contributed by atoms with Gasteiger partial charge in [-0.3, -0.25) is 29.4 Å². The highest BCUT2D eigenvalue weighted by Gasteiger charge is 2.32. The third-order valence-corrected chi connectivity index (χ3v) is 5.96. The molecule has 2 aromatic heterocycles. The van der Waals surface area contributed by atoms with Crippen LogP contribution in [0.25, 0.3) is 0 Å². The van der Waals surface area contributed by atoms with Crippen molar-refractivity contribution in [3.8, 4) is 0 Å². The van der Waals surface area contributed by atoms with Gasteiger partial charge < -0.3 is 0 Å². The zero-order valence-corrected chi connectivity index (χ0v) is 16.7. The molecule has 146 valence electrons. The second-order valence-electron chi connectivity index (χ2n) is 7.93. The summed E-state index contributed by atoms with van der Waals surface area (Å²) in [5.41, 5.74) is 5.31. The number of rotatable bonds is 4. The Labute approximate surface area is 165 Å². The minimum Gasteiger partial charge on any atom is -0.298 e. The van der Waals surface area contributed by atoms with Gasteiger partial charge in [0.1, 0.15) is 0 Å². The van der Waals surface area contributed by atoms with Gasteiger partial charge in [-0.25, -0.2) is 0 Å². The number of Topliss-reactive ketones (excluding diaryl/α,β-unsaturated/α-hetero) is 2. The minimum atomic E-state index is -0.290. The standard InChI is InChI=1S/C22H26N4O2/c1-14(27)21-19-10-18(24-11-17(19)5-8-25(21)3)13-26-9-6-16-4-7-23-12-20(16)22(26)15(2)28/h4,7,10-12,21-22H,5-6,8-9,13H2,1-3H3. The first-order chi connectivity index (χ1) is 13.5. The molecule has 0 aliphatic carbocycles. The number of carbonyl (C=O) groups excluding carboxylic acids is 2. The van der Waals surface area contributed by atoms with Crippen molar-refractivity contribution >= 4 is 11.6 Å². The Morgan fingerprint density at radius 3 is 2.54 bits per heavy atom. The van der Waals surface area contributed by atoms with Crippen LogP contribution in [0, 0.1) is 0 Å². The topological polar surface area (TPSA) is 66.4 Å². The molecule has 0 aromatic carbocycles. The van der Waals surface area contributed by atoms with Crippen molar-refractivity contribution in [2.24, 2.45) is 0 Å². The number of pyridine rings is 2. The molecule has 2 atom stereocenters. The van der Waals surface area contributed by atoms with Crippen LogP contribution in [-0.4, -0.2) is 51.5 Å². The van der Waals surface area contributed by atoms with Crippen molar-refractivity contribution in [1.82, 2.24) is 19.8 Å².